The maximum atomic E-state index is 10.5. The van der Waals surface area contributed by atoms with Gasteiger partial charge in [-0.1, -0.05) is 17.5 Å². The van der Waals surface area contributed by atoms with Crippen LogP contribution in [-0.4, -0.2) is 10.5 Å². The fourth-order valence-corrected chi connectivity index (χ4v) is 1.31. The van der Waals surface area contributed by atoms with Gasteiger partial charge in [-0.25, -0.2) is 0 Å². The van der Waals surface area contributed by atoms with E-state index in [2.05, 4.69) is 11.2 Å². The molecule has 0 aliphatic carbocycles. The van der Waals surface area contributed by atoms with E-state index in [1.165, 1.54) is 12.1 Å². The van der Waals surface area contributed by atoms with Gasteiger partial charge in [-0.05, 0) is 19.9 Å². The van der Waals surface area contributed by atoms with E-state index in [-0.39, 0.29) is 10.7 Å². The lowest BCUT2D eigenvalue weighted by Gasteiger charge is -2.21. The van der Waals surface area contributed by atoms with Crippen molar-refractivity contribution in [2.24, 2.45) is 0 Å². The molecule has 0 bridgehead atoms. The van der Waals surface area contributed by atoms with E-state index < -0.39 is 10.5 Å². The normalized spacial score (nSPS) is 10.6. The Bertz CT molecular complexity index is 464. The lowest BCUT2D eigenvalue weighted by atomic mass is 10.1. The molecule has 0 amide bonds. The molecule has 5 heteroatoms. The summed E-state index contributed by atoms with van der Waals surface area (Å²) in [6.07, 6.45) is 5.32. The zero-order valence-corrected chi connectivity index (χ0v) is 9.71. The molecule has 4 nitrogen and oxygen atoms in total. The summed E-state index contributed by atoms with van der Waals surface area (Å²) >= 11 is 5.90. The molecule has 84 valence electrons. The van der Waals surface area contributed by atoms with Gasteiger partial charge in [0.1, 0.15) is 0 Å². The van der Waals surface area contributed by atoms with E-state index in [0.717, 1.165) is 0 Å². The fourth-order valence-electron chi connectivity index (χ4n) is 1.09. The number of terminal acetylenes is 1. The minimum absolute atomic E-state index is 0.0472. The van der Waals surface area contributed by atoms with Crippen molar-refractivity contribution in [2.45, 2.75) is 19.4 Å². The first-order valence-electron chi connectivity index (χ1n) is 4.55. The van der Waals surface area contributed by atoms with Crippen LogP contribution in [0.2, 0.25) is 5.02 Å². The summed E-state index contributed by atoms with van der Waals surface area (Å²) < 4.78 is 0. The third kappa shape index (κ3) is 2.88. The summed E-state index contributed by atoms with van der Waals surface area (Å²) in [5, 5.41) is 13.8. The molecule has 1 aromatic carbocycles. The fraction of sp³-hybridized carbons (Fsp3) is 0.273. The van der Waals surface area contributed by atoms with Gasteiger partial charge in [-0.2, -0.15) is 0 Å². The topological polar surface area (TPSA) is 55.2 Å². The molecule has 0 spiro atoms. The van der Waals surface area contributed by atoms with E-state index in [9.17, 15) is 10.1 Å². The number of nitrogens with zero attached hydrogens (tertiary/aromatic N) is 1. The van der Waals surface area contributed by atoms with Crippen LogP contribution in [0, 0.1) is 22.5 Å². The van der Waals surface area contributed by atoms with Crippen LogP contribution in [-0.2, 0) is 0 Å². The van der Waals surface area contributed by atoms with E-state index in [4.69, 9.17) is 18.0 Å². The van der Waals surface area contributed by atoms with Gasteiger partial charge in [0.25, 0.3) is 5.69 Å². The summed E-state index contributed by atoms with van der Waals surface area (Å²) in [4.78, 5) is 10.0. The van der Waals surface area contributed by atoms with Crippen LogP contribution in [0.25, 0.3) is 0 Å². The van der Waals surface area contributed by atoms with E-state index in [1.807, 2.05) is 13.8 Å². The Hall–Kier alpha value is -1.73. The number of non-ortho nitro benzene ring substituents is 1. The van der Waals surface area contributed by atoms with Gasteiger partial charge in [0.2, 0.25) is 0 Å². The number of nitro benzene ring substituents is 1. The van der Waals surface area contributed by atoms with Crippen molar-refractivity contribution in [2.75, 3.05) is 5.32 Å². The second kappa shape index (κ2) is 4.42. The molecule has 0 aliphatic rings. The molecule has 1 N–H and O–H groups in total. The van der Waals surface area contributed by atoms with Crippen LogP contribution in [0.4, 0.5) is 11.4 Å². The Morgan fingerprint density at radius 2 is 2.19 bits per heavy atom. The average Bonchev–Trinajstić information content (AvgIpc) is 2.20. The molecule has 0 atom stereocenters. The molecule has 0 aromatic heterocycles. The molecule has 0 unspecified atom stereocenters. The Morgan fingerprint density at radius 1 is 1.56 bits per heavy atom. The van der Waals surface area contributed by atoms with Gasteiger partial charge in [0, 0.05) is 12.1 Å². The number of hydrogen-bond acceptors (Lipinski definition) is 3. The summed E-state index contributed by atoms with van der Waals surface area (Å²) in [6, 6.07) is 4.21. The summed E-state index contributed by atoms with van der Waals surface area (Å²) in [6.45, 7) is 3.62. The lowest BCUT2D eigenvalue weighted by Crippen LogP contribution is -2.28. The molecule has 0 saturated carbocycles. The largest absolute Gasteiger partial charge is 0.368 e. The highest BCUT2D eigenvalue weighted by Gasteiger charge is 2.16. The minimum Gasteiger partial charge on any atom is -0.368 e. The monoisotopic (exact) mass is 238 g/mol. The van der Waals surface area contributed by atoms with Gasteiger partial charge in [-0.15, -0.1) is 6.42 Å². The van der Waals surface area contributed by atoms with E-state index in [1.54, 1.807) is 6.07 Å². The molecular weight excluding hydrogens is 228 g/mol. The maximum absolute atomic E-state index is 10.5. The molecule has 0 aliphatic heterocycles. The third-order valence-electron chi connectivity index (χ3n) is 1.97. The second-order valence-corrected chi connectivity index (χ2v) is 4.22. The zero-order valence-electron chi connectivity index (χ0n) is 8.95. The Morgan fingerprint density at radius 3 is 2.62 bits per heavy atom. The molecule has 0 fully saturated rings. The molecule has 0 heterocycles. The summed E-state index contributed by atoms with van der Waals surface area (Å²) in [5.74, 6) is 2.55. The van der Waals surface area contributed by atoms with Crippen molar-refractivity contribution in [3.63, 3.8) is 0 Å². The Labute approximate surface area is 98.8 Å². The SMILES string of the molecule is C#CC(C)(C)Nc1ccc([N+](=O)[O-])cc1Cl. The number of nitrogens with one attached hydrogen (secondary N) is 1. The predicted octanol–water partition coefficient (Wildman–Crippen LogP) is 3.07. The maximum Gasteiger partial charge on any atom is 0.271 e. The Kier molecular flexibility index (Phi) is 3.41. The molecular formula is C11H11ClN2O2. The van der Waals surface area contributed by atoms with Crippen molar-refractivity contribution in [3.8, 4) is 12.3 Å². The molecule has 16 heavy (non-hydrogen) atoms. The highest BCUT2D eigenvalue weighted by atomic mass is 35.5. The number of rotatable bonds is 3. The molecule has 1 aromatic rings. The first-order valence-corrected chi connectivity index (χ1v) is 4.93. The van der Waals surface area contributed by atoms with Crippen molar-refractivity contribution in [3.05, 3.63) is 33.3 Å². The smallest absolute Gasteiger partial charge is 0.271 e. The van der Waals surface area contributed by atoms with Gasteiger partial charge < -0.3 is 5.32 Å². The standard InChI is InChI=1S/C11H11ClN2O2/c1-4-11(2,3)13-10-6-5-8(14(15)16)7-9(10)12/h1,5-7,13H,2-3H3. The van der Waals surface area contributed by atoms with Crippen LogP contribution < -0.4 is 5.32 Å². The highest BCUT2D eigenvalue weighted by molar-refractivity contribution is 6.33. The quantitative estimate of drug-likeness (QED) is 0.500. The lowest BCUT2D eigenvalue weighted by molar-refractivity contribution is -0.384. The van der Waals surface area contributed by atoms with Crippen LogP contribution in [0.3, 0.4) is 0 Å². The number of anilines is 1. The van der Waals surface area contributed by atoms with Crippen LogP contribution >= 0.6 is 11.6 Å². The second-order valence-electron chi connectivity index (χ2n) is 3.82. The average molecular weight is 239 g/mol. The zero-order chi connectivity index (χ0) is 12.3. The number of hydrogen-bond donors (Lipinski definition) is 1. The molecule has 0 saturated heterocycles. The van der Waals surface area contributed by atoms with E-state index >= 15 is 0 Å². The first kappa shape index (κ1) is 12.3. The van der Waals surface area contributed by atoms with Gasteiger partial charge in [0.15, 0.2) is 0 Å². The first-order chi connectivity index (χ1) is 7.35. The predicted molar refractivity (Wildman–Crippen MR) is 64.6 cm³/mol. The number of halogens is 1. The van der Waals surface area contributed by atoms with Gasteiger partial charge in [-0.3, -0.25) is 10.1 Å². The van der Waals surface area contributed by atoms with Crippen LogP contribution in [0.1, 0.15) is 13.8 Å². The number of benzene rings is 1. The third-order valence-corrected chi connectivity index (χ3v) is 2.28. The van der Waals surface area contributed by atoms with Crippen molar-refractivity contribution < 1.29 is 4.92 Å². The van der Waals surface area contributed by atoms with Crippen molar-refractivity contribution in [1.29, 1.82) is 0 Å². The summed E-state index contributed by atoms with van der Waals surface area (Å²) in [7, 11) is 0. The minimum atomic E-state index is -0.556. The molecule has 0 radical (unpaired) electrons. The van der Waals surface area contributed by atoms with Gasteiger partial charge >= 0.3 is 0 Å². The van der Waals surface area contributed by atoms with Crippen molar-refractivity contribution >= 4 is 23.0 Å². The van der Waals surface area contributed by atoms with Gasteiger partial charge in [0.05, 0.1) is 21.2 Å². The molecule has 1 rings (SSSR count). The van der Waals surface area contributed by atoms with Crippen LogP contribution in [0.5, 0.6) is 0 Å². The van der Waals surface area contributed by atoms with E-state index in [0.29, 0.717) is 5.69 Å². The Balaban J connectivity index is 3.02. The number of nitro groups is 1. The summed E-state index contributed by atoms with van der Waals surface area (Å²) in [5.41, 5.74) is -0.0240. The highest BCUT2D eigenvalue weighted by Crippen LogP contribution is 2.28. The van der Waals surface area contributed by atoms with Crippen molar-refractivity contribution in [1.82, 2.24) is 0 Å². The van der Waals surface area contributed by atoms with Crippen LogP contribution in [0.15, 0.2) is 18.2 Å².